The third kappa shape index (κ3) is 7.04. The first kappa shape index (κ1) is 28.5. The lowest BCUT2D eigenvalue weighted by Crippen LogP contribution is -2.25. The lowest BCUT2D eigenvalue weighted by Gasteiger charge is -2.36. The summed E-state index contributed by atoms with van der Waals surface area (Å²) in [5.74, 6) is 0. The van der Waals surface area contributed by atoms with Crippen LogP contribution < -0.4 is 4.90 Å². The minimum Gasteiger partial charge on any atom is -0.778 e. The van der Waals surface area contributed by atoms with Gasteiger partial charge in [0.2, 0.25) is 0 Å². The number of unbranched alkanes of at least 4 members (excludes halogenated alkanes) is 4. The zero-order chi connectivity index (χ0) is 25.9. The van der Waals surface area contributed by atoms with E-state index in [9.17, 15) is 0 Å². The number of allylic oxidation sites excluding steroid dienone is 7. The van der Waals surface area contributed by atoms with Gasteiger partial charge < -0.3 is 17.5 Å². The van der Waals surface area contributed by atoms with Crippen molar-refractivity contribution < 1.29 is 4.58 Å². The Morgan fingerprint density at radius 2 is 1.25 bits per heavy atom. The van der Waals surface area contributed by atoms with Gasteiger partial charge in [-0.05, 0) is 59.4 Å². The van der Waals surface area contributed by atoms with Crippen LogP contribution in [-0.4, -0.2) is 41.3 Å². The van der Waals surface area contributed by atoms with Gasteiger partial charge in [-0.1, -0.05) is 77.7 Å². The second-order valence-electron chi connectivity index (χ2n) is 9.89. The van der Waals surface area contributed by atoms with Crippen molar-refractivity contribution in [3.05, 3.63) is 70.2 Å². The molecule has 0 saturated heterocycles. The van der Waals surface area contributed by atoms with Crippen LogP contribution in [0.1, 0.15) is 84.6 Å². The molecule has 0 bridgehead atoms. The van der Waals surface area contributed by atoms with Gasteiger partial charge in [0.05, 0.1) is 4.86 Å². The van der Waals surface area contributed by atoms with Gasteiger partial charge >= 0.3 is 0 Å². The predicted molar refractivity (Wildman–Crippen MR) is 165 cm³/mol. The molecule has 2 nitrogen and oxygen atoms in total. The molecule has 0 N–H and O–H groups in total. The minimum absolute atomic E-state index is 0.906. The highest BCUT2D eigenvalue weighted by Gasteiger charge is 2.26. The maximum Gasteiger partial charge on any atom is 0.199 e. The molecule has 0 amide bonds. The van der Waals surface area contributed by atoms with Crippen molar-refractivity contribution in [1.82, 2.24) is 0 Å². The first-order chi connectivity index (χ1) is 17.5. The molecule has 0 spiro atoms. The summed E-state index contributed by atoms with van der Waals surface area (Å²) in [5, 5.41) is 0. The Kier molecular flexibility index (Phi) is 11.6. The average molecular weight is 521 g/mol. The molecule has 0 aliphatic heterocycles. The van der Waals surface area contributed by atoms with E-state index in [4.69, 9.17) is 24.8 Å². The van der Waals surface area contributed by atoms with Gasteiger partial charge in [-0.3, -0.25) is 0 Å². The third-order valence-corrected chi connectivity index (χ3v) is 7.89. The molecular formula is C32H44N2S2. The summed E-state index contributed by atoms with van der Waals surface area (Å²) in [6.07, 6.45) is 18.7. The average Bonchev–Trinajstić information content (AvgIpc) is 2.90. The second kappa shape index (κ2) is 14.6. The van der Waals surface area contributed by atoms with E-state index < -0.39 is 0 Å². The van der Waals surface area contributed by atoms with Gasteiger partial charge in [0.15, 0.2) is 5.71 Å². The number of benzene rings is 1. The molecule has 0 aromatic heterocycles. The third-order valence-electron chi connectivity index (χ3n) is 7.08. The zero-order valence-electron chi connectivity index (χ0n) is 22.8. The summed E-state index contributed by atoms with van der Waals surface area (Å²) >= 11 is 11.8. The molecule has 194 valence electrons. The van der Waals surface area contributed by atoms with Crippen molar-refractivity contribution >= 4 is 46.7 Å². The van der Waals surface area contributed by atoms with Gasteiger partial charge in [-0.15, -0.1) is 0 Å². The first-order valence-electron chi connectivity index (χ1n) is 14.1. The molecule has 0 radical (unpaired) electrons. The van der Waals surface area contributed by atoms with Crippen LogP contribution in [-0.2, 0) is 12.6 Å². The van der Waals surface area contributed by atoms with Crippen molar-refractivity contribution in [2.24, 2.45) is 0 Å². The highest BCUT2D eigenvalue weighted by atomic mass is 32.1. The lowest BCUT2D eigenvalue weighted by atomic mass is 9.82. The van der Waals surface area contributed by atoms with Crippen LogP contribution in [0.4, 0.5) is 5.69 Å². The maximum atomic E-state index is 5.88. The topological polar surface area (TPSA) is 6.25 Å². The van der Waals surface area contributed by atoms with Crippen LogP contribution in [0.15, 0.2) is 64.6 Å². The van der Waals surface area contributed by atoms with E-state index in [0.29, 0.717) is 0 Å². The summed E-state index contributed by atoms with van der Waals surface area (Å²) in [6, 6.07) is 8.89. The van der Waals surface area contributed by atoms with Crippen molar-refractivity contribution in [3.63, 3.8) is 0 Å². The summed E-state index contributed by atoms with van der Waals surface area (Å²) in [4.78, 5) is 4.33. The molecule has 0 saturated carbocycles. The fourth-order valence-electron chi connectivity index (χ4n) is 4.73. The van der Waals surface area contributed by atoms with Crippen LogP contribution in [0, 0.1) is 0 Å². The Labute approximate surface area is 231 Å². The number of rotatable bonds is 14. The number of nitrogens with zero attached hydrogens (tertiary/aromatic N) is 2. The standard InChI is InChI=1S/C32H44N2S2/c1-5-9-21-33(22-10-6-2)27-17-13-25(14-18-27)29-31(35)30(32(29)36)26-15-19-28(20-16-26)34(23-11-7-3)24-12-8-4/h13-20H,5-12,21-24H2,1-4H3. The summed E-state index contributed by atoms with van der Waals surface area (Å²) in [7, 11) is 0. The highest BCUT2D eigenvalue weighted by Crippen LogP contribution is 2.41. The Morgan fingerprint density at radius 3 is 1.72 bits per heavy atom. The lowest BCUT2D eigenvalue weighted by molar-refractivity contribution is -0.527. The smallest absolute Gasteiger partial charge is 0.199 e. The van der Waals surface area contributed by atoms with Crippen LogP contribution in [0.3, 0.4) is 0 Å². The molecule has 2 aliphatic carbocycles. The van der Waals surface area contributed by atoms with E-state index in [1.807, 2.05) is 0 Å². The molecule has 0 fully saturated rings. The maximum absolute atomic E-state index is 5.88. The fraction of sp³-hybridized carbons (Fsp3) is 0.500. The van der Waals surface area contributed by atoms with E-state index in [2.05, 4.69) is 85.7 Å². The molecule has 4 heteroatoms. The van der Waals surface area contributed by atoms with Crippen molar-refractivity contribution in [3.8, 4) is 0 Å². The highest BCUT2D eigenvalue weighted by molar-refractivity contribution is 7.82. The second-order valence-corrected chi connectivity index (χ2v) is 10.7. The minimum atomic E-state index is 0.906. The Balaban J connectivity index is 1.79. The summed E-state index contributed by atoms with van der Waals surface area (Å²) in [6.45, 7) is 13.5. The Hall–Kier alpha value is -2.04. The molecule has 36 heavy (non-hydrogen) atoms. The van der Waals surface area contributed by atoms with Crippen LogP contribution in [0.2, 0.25) is 0 Å². The zero-order valence-corrected chi connectivity index (χ0v) is 24.4. The molecule has 1 aromatic rings. The number of hydrogen-bond donors (Lipinski definition) is 0. The normalized spacial score (nSPS) is 15.1. The molecular weight excluding hydrogens is 477 g/mol. The molecule has 0 atom stereocenters. The van der Waals surface area contributed by atoms with Crippen LogP contribution in [0.25, 0.3) is 5.57 Å². The molecule has 1 aromatic carbocycles. The van der Waals surface area contributed by atoms with E-state index in [1.165, 1.54) is 62.8 Å². The first-order valence-corrected chi connectivity index (χ1v) is 14.9. The number of anilines is 1. The van der Waals surface area contributed by atoms with Crippen molar-refractivity contribution in [2.45, 2.75) is 79.1 Å². The number of thiocarbonyl (C=S) groups is 1. The van der Waals surface area contributed by atoms with Crippen LogP contribution >= 0.6 is 12.2 Å². The van der Waals surface area contributed by atoms with Gasteiger partial charge in [-0.2, -0.15) is 4.91 Å². The van der Waals surface area contributed by atoms with E-state index in [1.54, 1.807) is 0 Å². The monoisotopic (exact) mass is 520 g/mol. The summed E-state index contributed by atoms with van der Waals surface area (Å²) in [5.41, 5.74) is 7.01. The molecule has 0 unspecified atom stereocenters. The SMILES string of the molecule is CCCCN(CCCC)c1ccc(C2=C([S-])C(=C3C=CC(=[N+](CCCC)CCCC)C=C3)C2=S)cc1. The molecule has 2 aliphatic rings. The number of hydrogen-bond acceptors (Lipinski definition) is 3. The van der Waals surface area contributed by atoms with E-state index >= 15 is 0 Å². The fourth-order valence-corrected chi connectivity index (χ4v) is 5.74. The summed E-state index contributed by atoms with van der Waals surface area (Å²) < 4.78 is 2.52. The van der Waals surface area contributed by atoms with E-state index in [0.717, 1.165) is 58.2 Å². The van der Waals surface area contributed by atoms with Crippen molar-refractivity contribution in [1.29, 1.82) is 0 Å². The quantitative estimate of drug-likeness (QED) is 0.106. The van der Waals surface area contributed by atoms with Gasteiger partial charge in [0.1, 0.15) is 13.1 Å². The molecule has 0 heterocycles. The van der Waals surface area contributed by atoms with E-state index in [-0.39, 0.29) is 0 Å². The Bertz CT molecular complexity index is 1020. The van der Waals surface area contributed by atoms with Gasteiger partial charge in [0, 0.05) is 43.8 Å². The molecule has 3 rings (SSSR count). The Morgan fingerprint density at radius 1 is 0.722 bits per heavy atom. The predicted octanol–water partition coefficient (Wildman–Crippen LogP) is 8.21. The largest absolute Gasteiger partial charge is 0.778 e. The van der Waals surface area contributed by atoms with Crippen LogP contribution in [0.5, 0.6) is 0 Å². The van der Waals surface area contributed by atoms with Gasteiger partial charge in [0.25, 0.3) is 0 Å². The van der Waals surface area contributed by atoms with Gasteiger partial charge in [-0.25, -0.2) is 4.58 Å². The van der Waals surface area contributed by atoms with Crippen molar-refractivity contribution in [2.75, 3.05) is 31.1 Å².